The minimum atomic E-state index is -0.460. The highest BCUT2D eigenvalue weighted by atomic mass is 35.5. The van der Waals surface area contributed by atoms with Crippen LogP contribution in [0.2, 0.25) is 5.02 Å². The fourth-order valence-corrected chi connectivity index (χ4v) is 4.77. The van der Waals surface area contributed by atoms with Crippen LogP contribution in [0, 0.1) is 6.92 Å². The van der Waals surface area contributed by atoms with E-state index in [1.807, 2.05) is 48.0 Å². The number of fused-ring (bicyclic) bond motifs is 1. The summed E-state index contributed by atoms with van der Waals surface area (Å²) in [6.07, 6.45) is 1.75. The molecule has 162 valence electrons. The van der Waals surface area contributed by atoms with Crippen LogP contribution in [0.3, 0.4) is 0 Å². The SMILES string of the molecule is CCCc1nnc2n1NC(c1ccc(OC)cc1)C(C(=O)Nc1cccc(Cl)c1C)S2. The number of aromatic nitrogens is 3. The van der Waals surface area contributed by atoms with Crippen LogP contribution in [0.15, 0.2) is 47.6 Å². The lowest BCUT2D eigenvalue weighted by Crippen LogP contribution is -2.41. The van der Waals surface area contributed by atoms with E-state index in [1.54, 1.807) is 13.2 Å². The van der Waals surface area contributed by atoms with Crippen molar-refractivity contribution in [3.63, 3.8) is 0 Å². The second kappa shape index (κ2) is 9.20. The number of hydrogen-bond acceptors (Lipinski definition) is 6. The molecule has 9 heteroatoms. The van der Waals surface area contributed by atoms with Crippen molar-refractivity contribution in [3.05, 3.63) is 64.4 Å². The van der Waals surface area contributed by atoms with Crippen LogP contribution in [-0.4, -0.2) is 33.1 Å². The van der Waals surface area contributed by atoms with Gasteiger partial charge in [0, 0.05) is 17.1 Å². The number of ether oxygens (including phenoxy) is 1. The van der Waals surface area contributed by atoms with Gasteiger partial charge in [-0.25, -0.2) is 4.68 Å². The van der Waals surface area contributed by atoms with Gasteiger partial charge in [0.05, 0.1) is 13.2 Å². The van der Waals surface area contributed by atoms with E-state index >= 15 is 0 Å². The maximum atomic E-state index is 13.4. The summed E-state index contributed by atoms with van der Waals surface area (Å²) in [5.74, 6) is 1.49. The molecule has 0 aliphatic carbocycles. The monoisotopic (exact) mass is 457 g/mol. The molecule has 1 amide bonds. The molecular weight excluding hydrogens is 434 g/mol. The molecule has 31 heavy (non-hydrogen) atoms. The fourth-order valence-electron chi connectivity index (χ4n) is 3.49. The van der Waals surface area contributed by atoms with Crippen LogP contribution >= 0.6 is 23.4 Å². The smallest absolute Gasteiger partial charge is 0.240 e. The molecule has 4 rings (SSSR count). The molecular formula is C22H24ClN5O2S. The van der Waals surface area contributed by atoms with E-state index in [4.69, 9.17) is 16.3 Å². The predicted molar refractivity (Wildman–Crippen MR) is 124 cm³/mol. The third kappa shape index (κ3) is 4.36. The molecule has 0 bridgehead atoms. The van der Waals surface area contributed by atoms with Crippen molar-refractivity contribution < 1.29 is 9.53 Å². The zero-order chi connectivity index (χ0) is 22.0. The lowest BCUT2D eigenvalue weighted by molar-refractivity contribution is -0.116. The van der Waals surface area contributed by atoms with Crippen molar-refractivity contribution >= 4 is 35.0 Å². The van der Waals surface area contributed by atoms with Gasteiger partial charge in [0.15, 0.2) is 5.82 Å². The molecule has 2 N–H and O–H groups in total. The van der Waals surface area contributed by atoms with Gasteiger partial charge >= 0.3 is 0 Å². The fraction of sp³-hybridized carbons (Fsp3) is 0.318. The predicted octanol–water partition coefficient (Wildman–Crippen LogP) is 4.60. The van der Waals surface area contributed by atoms with Gasteiger partial charge in [-0.1, -0.05) is 48.5 Å². The molecule has 0 saturated carbocycles. The Morgan fingerprint density at radius 3 is 2.74 bits per heavy atom. The quantitative estimate of drug-likeness (QED) is 0.563. The minimum absolute atomic E-state index is 0.130. The number of benzene rings is 2. The van der Waals surface area contributed by atoms with E-state index in [9.17, 15) is 4.79 Å². The Hall–Kier alpha value is -2.71. The summed E-state index contributed by atoms with van der Waals surface area (Å²) in [6, 6.07) is 12.9. The second-order valence-corrected chi connectivity index (χ2v) is 8.82. The van der Waals surface area contributed by atoms with Gasteiger partial charge in [-0.3, -0.25) is 4.79 Å². The molecule has 2 heterocycles. The largest absolute Gasteiger partial charge is 0.497 e. The number of nitrogens with zero attached hydrogens (tertiary/aromatic N) is 3. The number of hydrogen-bond donors (Lipinski definition) is 2. The molecule has 1 aliphatic heterocycles. The van der Waals surface area contributed by atoms with Crippen LogP contribution in [0.25, 0.3) is 0 Å². The van der Waals surface area contributed by atoms with Gasteiger partial charge in [-0.15, -0.1) is 10.2 Å². The van der Waals surface area contributed by atoms with E-state index in [1.165, 1.54) is 11.8 Å². The van der Waals surface area contributed by atoms with Crippen molar-refractivity contribution in [2.75, 3.05) is 17.9 Å². The molecule has 1 aromatic heterocycles. The van der Waals surface area contributed by atoms with Gasteiger partial charge in [0.2, 0.25) is 11.1 Å². The minimum Gasteiger partial charge on any atom is -0.497 e. The molecule has 2 aromatic carbocycles. The average Bonchev–Trinajstić information content (AvgIpc) is 3.18. The summed E-state index contributed by atoms with van der Waals surface area (Å²) in [7, 11) is 1.63. The highest BCUT2D eigenvalue weighted by molar-refractivity contribution is 8.00. The zero-order valence-electron chi connectivity index (χ0n) is 17.6. The number of methoxy groups -OCH3 is 1. The van der Waals surface area contributed by atoms with Gasteiger partial charge in [-0.2, -0.15) is 0 Å². The summed E-state index contributed by atoms with van der Waals surface area (Å²) < 4.78 is 7.19. The summed E-state index contributed by atoms with van der Waals surface area (Å²) in [5.41, 5.74) is 5.97. The Labute approximate surface area is 190 Å². The average molecular weight is 458 g/mol. The van der Waals surface area contributed by atoms with Crippen molar-refractivity contribution in [1.29, 1.82) is 0 Å². The first-order valence-electron chi connectivity index (χ1n) is 10.1. The highest BCUT2D eigenvalue weighted by Crippen LogP contribution is 2.38. The standard InChI is InChI=1S/C22H24ClN5O2S/c1-4-6-18-25-26-22-28(18)27-19(14-9-11-15(30-3)12-10-14)20(31-22)21(29)24-17-8-5-7-16(23)13(17)2/h5,7-12,19-20,27H,4,6H2,1-3H3,(H,24,29). The van der Waals surface area contributed by atoms with Gasteiger partial charge in [-0.05, 0) is 48.7 Å². The Bertz CT molecular complexity index is 1090. The van der Waals surface area contributed by atoms with E-state index < -0.39 is 5.25 Å². The van der Waals surface area contributed by atoms with Crippen LogP contribution in [0.4, 0.5) is 5.69 Å². The number of aryl methyl sites for hydroxylation is 1. The number of amides is 1. The van der Waals surface area contributed by atoms with Crippen molar-refractivity contribution in [3.8, 4) is 5.75 Å². The first-order chi connectivity index (χ1) is 15.0. The van der Waals surface area contributed by atoms with Crippen molar-refractivity contribution in [1.82, 2.24) is 14.9 Å². The van der Waals surface area contributed by atoms with Gasteiger partial charge < -0.3 is 15.5 Å². The first kappa shape index (κ1) is 21.5. The summed E-state index contributed by atoms with van der Waals surface area (Å²) in [4.78, 5) is 13.4. The van der Waals surface area contributed by atoms with E-state index in [0.29, 0.717) is 15.9 Å². The van der Waals surface area contributed by atoms with E-state index in [-0.39, 0.29) is 11.9 Å². The molecule has 0 fully saturated rings. The third-order valence-electron chi connectivity index (χ3n) is 5.24. The maximum Gasteiger partial charge on any atom is 0.240 e. The summed E-state index contributed by atoms with van der Waals surface area (Å²) in [6.45, 7) is 3.99. The Morgan fingerprint density at radius 1 is 1.26 bits per heavy atom. The molecule has 1 aliphatic rings. The zero-order valence-corrected chi connectivity index (χ0v) is 19.1. The number of rotatable bonds is 6. The Kier molecular flexibility index (Phi) is 6.38. The summed E-state index contributed by atoms with van der Waals surface area (Å²) in [5, 5.41) is 12.5. The van der Waals surface area contributed by atoms with E-state index in [0.717, 1.165) is 35.5 Å². The number of thioether (sulfide) groups is 1. The normalized spacial score (nSPS) is 17.5. The van der Waals surface area contributed by atoms with Gasteiger partial charge in [0.1, 0.15) is 11.0 Å². The molecule has 0 radical (unpaired) electrons. The molecule has 0 spiro atoms. The van der Waals surface area contributed by atoms with Gasteiger partial charge in [0.25, 0.3) is 0 Å². The van der Waals surface area contributed by atoms with Crippen LogP contribution in [0.1, 0.15) is 36.3 Å². The van der Waals surface area contributed by atoms with E-state index in [2.05, 4.69) is 27.9 Å². The second-order valence-electron chi connectivity index (χ2n) is 7.30. The number of anilines is 1. The number of carbonyl (C=O) groups excluding carboxylic acids is 1. The lowest BCUT2D eigenvalue weighted by atomic mass is 10.0. The van der Waals surface area contributed by atoms with Crippen molar-refractivity contribution in [2.45, 2.75) is 43.1 Å². The molecule has 3 aromatic rings. The number of halogens is 1. The maximum absolute atomic E-state index is 13.4. The molecule has 2 unspecified atom stereocenters. The number of nitrogens with one attached hydrogen (secondary N) is 2. The highest BCUT2D eigenvalue weighted by Gasteiger charge is 2.38. The van der Waals surface area contributed by atoms with Crippen LogP contribution in [-0.2, 0) is 11.2 Å². The number of carbonyl (C=O) groups is 1. The third-order valence-corrected chi connectivity index (χ3v) is 6.86. The Morgan fingerprint density at radius 2 is 2.03 bits per heavy atom. The molecule has 7 nitrogen and oxygen atoms in total. The first-order valence-corrected chi connectivity index (χ1v) is 11.3. The Balaban J connectivity index is 1.68. The van der Waals surface area contributed by atoms with Crippen LogP contribution in [0.5, 0.6) is 5.75 Å². The van der Waals surface area contributed by atoms with Crippen molar-refractivity contribution in [2.24, 2.45) is 0 Å². The van der Waals surface area contributed by atoms with Crippen LogP contribution < -0.4 is 15.5 Å². The molecule has 0 saturated heterocycles. The summed E-state index contributed by atoms with van der Waals surface area (Å²) >= 11 is 7.64. The topological polar surface area (TPSA) is 81.1 Å². The lowest BCUT2D eigenvalue weighted by Gasteiger charge is -2.33. The molecule has 2 atom stereocenters.